The Bertz CT molecular complexity index is 597. The van der Waals surface area contributed by atoms with Crippen molar-refractivity contribution in [2.45, 2.75) is 19.3 Å². The summed E-state index contributed by atoms with van der Waals surface area (Å²) in [5, 5.41) is 3.12. The molecule has 0 spiro atoms. The van der Waals surface area contributed by atoms with Gasteiger partial charge in [0.1, 0.15) is 0 Å². The third kappa shape index (κ3) is 12.6. The van der Waals surface area contributed by atoms with Gasteiger partial charge in [0.15, 0.2) is 5.05 Å². The van der Waals surface area contributed by atoms with Crippen LogP contribution in [0.1, 0.15) is 19.3 Å². The molecule has 2 rings (SSSR count). The molecule has 0 aliphatic carbocycles. The molecule has 0 saturated heterocycles. The Labute approximate surface area is 154 Å². The summed E-state index contributed by atoms with van der Waals surface area (Å²) in [7, 11) is -1.31. The fourth-order valence-electron chi connectivity index (χ4n) is 1.79. The number of nitrogens with two attached hydrogens (primary N) is 1. The van der Waals surface area contributed by atoms with Gasteiger partial charge in [-0.15, -0.1) is 0 Å². The normalized spacial score (nSPS) is 10.1. The summed E-state index contributed by atoms with van der Waals surface area (Å²) >= 11 is 4.76. The molecule has 6 nitrogen and oxygen atoms in total. The maximum atomic E-state index is 10.2. The minimum Gasteiger partial charge on any atom is -0.490 e. The molecule has 0 aromatic heterocycles. The van der Waals surface area contributed by atoms with Crippen molar-refractivity contribution < 1.29 is 23.6 Å². The number of hydrogen-bond acceptors (Lipinski definition) is 5. The molecule has 0 fully saturated rings. The van der Waals surface area contributed by atoms with Gasteiger partial charge in [-0.05, 0) is 42.9 Å². The molecule has 0 aliphatic rings. The summed E-state index contributed by atoms with van der Waals surface area (Å²) in [6.45, 7) is 0.0383. The van der Waals surface area contributed by atoms with Crippen molar-refractivity contribution in [1.82, 2.24) is 0 Å². The first-order chi connectivity index (χ1) is 11.9. The van der Waals surface area contributed by atoms with Crippen LogP contribution in [-0.2, 0) is 13.8 Å². The molecule has 4 N–H and O–H groups in total. The number of phosphoric ester groups is 1. The van der Waals surface area contributed by atoms with Crippen LogP contribution in [0, 0.1) is 0 Å². The van der Waals surface area contributed by atoms with E-state index in [4.69, 9.17) is 26.7 Å². The van der Waals surface area contributed by atoms with Crippen molar-refractivity contribution in [2.24, 2.45) is 5.73 Å². The largest absolute Gasteiger partial charge is 0.490 e. The molecule has 0 bridgehead atoms. The van der Waals surface area contributed by atoms with E-state index in [1.165, 1.54) is 24.9 Å². The number of thiocarbonyl (C=S) groups is 1. The Morgan fingerprint density at radius 3 is 1.84 bits per heavy atom. The number of hydrogen-bond donors (Lipinski definition) is 3. The van der Waals surface area contributed by atoms with Gasteiger partial charge in [-0.2, -0.15) is 0 Å². The van der Waals surface area contributed by atoms with Gasteiger partial charge in [-0.25, -0.2) is 4.57 Å². The molecule has 0 radical (unpaired) electrons. The van der Waals surface area contributed by atoms with E-state index in [0.29, 0.717) is 24.3 Å². The number of methoxy groups -OCH3 is 1. The zero-order chi connectivity index (χ0) is 19.1. The Balaban J connectivity index is 0.000000426. The number of fused-ring (bicyclic) bond motifs is 1. The van der Waals surface area contributed by atoms with Gasteiger partial charge >= 0.3 is 7.82 Å². The SMILES string of the molecule is CN.COC(=S)CCCCOP(=O)(O)O.c1ccc2ccccc2c1. The highest BCUT2D eigenvalue weighted by molar-refractivity contribution is 7.80. The minimum absolute atomic E-state index is 0.0383. The van der Waals surface area contributed by atoms with Crippen molar-refractivity contribution in [3.63, 3.8) is 0 Å². The Hall–Kier alpha value is -1.34. The third-order valence-corrected chi connectivity index (χ3v) is 3.81. The van der Waals surface area contributed by atoms with Crippen molar-refractivity contribution in [3.8, 4) is 0 Å². The van der Waals surface area contributed by atoms with E-state index in [0.717, 1.165) is 0 Å². The molecule has 0 unspecified atom stereocenters. The number of unbranched alkanes of at least 4 members (excludes halogenated alkanes) is 1. The molecular formula is C17H26NO5PS. The molecule has 2 aromatic carbocycles. The number of rotatable bonds is 6. The van der Waals surface area contributed by atoms with Crippen LogP contribution < -0.4 is 5.73 Å². The highest BCUT2D eigenvalue weighted by Crippen LogP contribution is 2.35. The van der Waals surface area contributed by atoms with E-state index in [2.05, 4.69) is 58.8 Å². The monoisotopic (exact) mass is 387 g/mol. The molecule has 2 aromatic rings. The van der Waals surface area contributed by atoms with E-state index in [-0.39, 0.29) is 6.61 Å². The van der Waals surface area contributed by atoms with Gasteiger partial charge in [0.2, 0.25) is 0 Å². The van der Waals surface area contributed by atoms with Crippen molar-refractivity contribution >= 4 is 35.9 Å². The molecule has 0 amide bonds. The predicted octanol–water partition coefficient (Wildman–Crippen LogP) is 3.65. The molecule has 0 aliphatic heterocycles. The van der Waals surface area contributed by atoms with E-state index < -0.39 is 7.82 Å². The fourth-order valence-corrected chi connectivity index (χ4v) is 2.30. The van der Waals surface area contributed by atoms with Crippen LogP contribution in [0.15, 0.2) is 48.5 Å². The van der Waals surface area contributed by atoms with E-state index in [9.17, 15) is 4.57 Å². The van der Waals surface area contributed by atoms with Crippen LogP contribution in [0.5, 0.6) is 0 Å². The van der Waals surface area contributed by atoms with Crippen LogP contribution in [0.2, 0.25) is 0 Å². The number of benzene rings is 2. The molecule has 140 valence electrons. The lowest BCUT2D eigenvalue weighted by atomic mass is 10.1. The van der Waals surface area contributed by atoms with Crippen LogP contribution >= 0.6 is 20.0 Å². The topological polar surface area (TPSA) is 102 Å². The fraction of sp³-hybridized carbons (Fsp3) is 0.353. The summed E-state index contributed by atoms with van der Waals surface area (Å²) in [5.74, 6) is 0. The highest BCUT2D eigenvalue weighted by atomic mass is 32.1. The van der Waals surface area contributed by atoms with E-state index >= 15 is 0 Å². The summed E-state index contributed by atoms with van der Waals surface area (Å²) in [6.07, 6.45) is 1.86. The first-order valence-corrected chi connectivity index (χ1v) is 9.64. The van der Waals surface area contributed by atoms with Gasteiger partial charge in [-0.3, -0.25) is 4.52 Å². The number of phosphoric acid groups is 1. The Kier molecular flexibility index (Phi) is 13.2. The third-order valence-electron chi connectivity index (χ3n) is 2.92. The maximum Gasteiger partial charge on any atom is 0.469 e. The van der Waals surface area contributed by atoms with Crippen LogP contribution in [-0.4, -0.2) is 35.6 Å². The second-order valence-electron chi connectivity index (χ2n) is 4.70. The molecule has 0 atom stereocenters. The zero-order valence-corrected chi connectivity index (χ0v) is 16.2. The summed E-state index contributed by atoms with van der Waals surface area (Å²) in [6, 6.07) is 16.7. The van der Waals surface area contributed by atoms with E-state index in [1.54, 1.807) is 0 Å². The van der Waals surface area contributed by atoms with Crippen molar-refractivity contribution in [2.75, 3.05) is 20.8 Å². The first-order valence-electron chi connectivity index (χ1n) is 7.71. The first kappa shape index (κ1) is 23.7. The average Bonchev–Trinajstić information content (AvgIpc) is 2.62. The van der Waals surface area contributed by atoms with Crippen molar-refractivity contribution in [3.05, 3.63) is 48.5 Å². The number of ether oxygens (including phenoxy) is 1. The summed E-state index contributed by atoms with van der Waals surface area (Å²) < 4.78 is 19.2. The van der Waals surface area contributed by atoms with Gasteiger partial charge in [0, 0.05) is 6.42 Å². The Morgan fingerprint density at radius 1 is 1.04 bits per heavy atom. The smallest absolute Gasteiger partial charge is 0.469 e. The predicted molar refractivity (Wildman–Crippen MR) is 106 cm³/mol. The van der Waals surface area contributed by atoms with Crippen LogP contribution in [0.25, 0.3) is 10.8 Å². The lowest BCUT2D eigenvalue weighted by Crippen LogP contribution is -1.98. The summed E-state index contributed by atoms with van der Waals surface area (Å²) in [5.41, 5.74) is 4.50. The molecule has 8 heteroatoms. The quantitative estimate of drug-likeness (QED) is 0.395. The van der Waals surface area contributed by atoms with Crippen LogP contribution in [0.3, 0.4) is 0 Å². The van der Waals surface area contributed by atoms with Crippen molar-refractivity contribution in [1.29, 1.82) is 0 Å². The van der Waals surface area contributed by atoms with E-state index in [1.807, 2.05) is 0 Å². The summed E-state index contributed by atoms with van der Waals surface area (Å²) in [4.78, 5) is 16.6. The average molecular weight is 387 g/mol. The molecule has 25 heavy (non-hydrogen) atoms. The van der Waals surface area contributed by atoms with Gasteiger partial charge < -0.3 is 20.3 Å². The lowest BCUT2D eigenvalue weighted by molar-refractivity contribution is 0.194. The highest BCUT2D eigenvalue weighted by Gasteiger charge is 2.12. The molecular weight excluding hydrogens is 361 g/mol. The molecule has 0 heterocycles. The van der Waals surface area contributed by atoms with Gasteiger partial charge in [0.05, 0.1) is 13.7 Å². The van der Waals surface area contributed by atoms with Gasteiger partial charge in [-0.1, -0.05) is 48.5 Å². The van der Waals surface area contributed by atoms with Crippen LogP contribution in [0.4, 0.5) is 0 Å². The lowest BCUT2D eigenvalue weighted by Gasteiger charge is -2.04. The van der Waals surface area contributed by atoms with Gasteiger partial charge in [0.25, 0.3) is 0 Å². The molecule has 0 saturated carbocycles. The second kappa shape index (κ2) is 13.9. The maximum absolute atomic E-state index is 10.2. The zero-order valence-electron chi connectivity index (χ0n) is 14.5. The Morgan fingerprint density at radius 2 is 1.48 bits per heavy atom. The second-order valence-corrected chi connectivity index (χ2v) is 6.40. The standard InChI is InChI=1S/C10H8.C6H13O5PS.CH5N/c1-2-6-10-8-4-3-7-9(10)5-1;1-10-6(13)4-2-3-5-11-12(7,8)9;1-2/h1-8H;2-5H2,1H3,(H2,7,8,9);2H2,1H3. The minimum atomic E-state index is -4.30.